The molecule has 0 aromatic heterocycles. The van der Waals surface area contributed by atoms with Crippen molar-refractivity contribution in [3.63, 3.8) is 0 Å². The molecule has 104 valence electrons. The molecule has 17 heavy (non-hydrogen) atoms. The fraction of sp³-hybridized carbons (Fsp3) is 1.00. The first-order chi connectivity index (χ1) is 7.70. The lowest BCUT2D eigenvalue weighted by molar-refractivity contribution is 0.116. The van der Waals surface area contributed by atoms with Crippen LogP contribution in [0, 0.1) is 0 Å². The monoisotopic (exact) mass is 290 g/mol. The van der Waals surface area contributed by atoms with Gasteiger partial charge in [0.15, 0.2) is 0 Å². The van der Waals surface area contributed by atoms with Gasteiger partial charge in [-0.3, -0.25) is 4.52 Å². The van der Waals surface area contributed by atoms with E-state index in [0.29, 0.717) is 12.8 Å². The summed E-state index contributed by atoms with van der Waals surface area (Å²) in [7, 11) is -9.72. The third kappa shape index (κ3) is 9.92. The van der Waals surface area contributed by atoms with Crippen molar-refractivity contribution >= 4 is 15.6 Å². The Morgan fingerprint density at radius 3 is 2.12 bits per heavy atom. The summed E-state index contributed by atoms with van der Waals surface area (Å²) < 4.78 is 30.1. The van der Waals surface area contributed by atoms with Gasteiger partial charge in [-0.05, 0) is 12.8 Å². The average molecular weight is 290 g/mol. The summed E-state index contributed by atoms with van der Waals surface area (Å²) in [4.78, 5) is 26.0. The van der Waals surface area contributed by atoms with Crippen LogP contribution in [-0.4, -0.2) is 20.8 Å². The second kappa shape index (κ2) is 7.64. The smallest absolute Gasteiger partial charge is 0.302 e. The van der Waals surface area contributed by atoms with Crippen LogP contribution in [0.3, 0.4) is 0 Å². The largest absolute Gasteiger partial charge is 0.481 e. The number of rotatable bonds is 9. The number of hydrogen-bond acceptors (Lipinski definition) is 4. The molecular weight excluding hydrogens is 270 g/mol. The second-order valence-electron chi connectivity index (χ2n) is 3.67. The topological polar surface area (TPSA) is 113 Å². The summed E-state index contributed by atoms with van der Waals surface area (Å²) in [5.74, 6) is 0. The molecule has 2 atom stereocenters. The van der Waals surface area contributed by atoms with Crippen molar-refractivity contribution in [2.45, 2.75) is 52.1 Å². The van der Waals surface area contributed by atoms with Crippen LogP contribution in [-0.2, 0) is 18.0 Å². The molecule has 0 fully saturated rings. The van der Waals surface area contributed by atoms with Crippen LogP contribution in [0.4, 0.5) is 0 Å². The van der Waals surface area contributed by atoms with Gasteiger partial charge in [0.05, 0.1) is 6.10 Å². The van der Waals surface area contributed by atoms with Crippen LogP contribution in [0.2, 0.25) is 0 Å². The maximum absolute atomic E-state index is 11.3. The third-order valence-corrected chi connectivity index (χ3v) is 4.32. The predicted octanol–water partition coefficient (Wildman–Crippen LogP) is 2.57. The van der Waals surface area contributed by atoms with E-state index in [4.69, 9.17) is 19.2 Å². The summed E-state index contributed by atoms with van der Waals surface area (Å²) in [5, 5.41) is 0. The first-order valence-electron chi connectivity index (χ1n) is 5.48. The molecule has 0 aromatic rings. The lowest BCUT2D eigenvalue weighted by Crippen LogP contribution is -2.10. The highest BCUT2D eigenvalue weighted by Crippen LogP contribution is 2.58. The van der Waals surface area contributed by atoms with Crippen molar-refractivity contribution in [1.82, 2.24) is 0 Å². The van der Waals surface area contributed by atoms with E-state index in [9.17, 15) is 9.13 Å². The zero-order chi connectivity index (χ0) is 13.5. The van der Waals surface area contributed by atoms with Gasteiger partial charge in [-0.2, -0.15) is 4.31 Å². The van der Waals surface area contributed by atoms with Crippen LogP contribution < -0.4 is 0 Å². The molecule has 9 heteroatoms. The number of phosphoric acid groups is 2. The summed E-state index contributed by atoms with van der Waals surface area (Å²) in [5.41, 5.74) is 0. The molecule has 0 aliphatic rings. The third-order valence-electron chi connectivity index (χ3n) is 2.08. The zero-order valence-corrected chi connectivity index (χ0v) is 11.8. The lowest BCUT2D eigenvalue weighted by atomic mass is 10.1. The lowest BCUT2D eigenvalue weighted by Gasteiger charge is -2.19. The molecule has 0 radical (unpaired) electrons. The van der Waals surface area contributed by atoms with Gasteiger partial charge >= 0.3 is 15.6 Å². The van der Waals surface area contributed by atoms with Crippen LogP contribution in [0.15, 0.2) is 0 Å². The molecule has 0 aliphatic carbocycles. The van der Waals surface area contributed by atoms with Crippen molar-refractivity contribution < 1.29 is 32.6 Å². The summed E-state index contributed by atoms with van der Waals surface area (Å²) in [6, 6.07) is 0. The molecule has 0 saturated heterocycles. The maximum Gasteiger partial charge on any atom is 0.481 e. The molecule has 0 heterocycles. The molecule has 0 amide bonds. The zero-order valence-electron chi connectivity index (χ0n) is 9.98. The molecule has 0 rings (SSSR count). The fourth-order valence-corrected chi connectivity index (χ4v) is 3.16. The first-order valence-corrected chi connectivity index (χ1v) is 8.51. The van der Waals surface area contributed by atoms with E-state index in [1.54, 1.807) is 6.92 Å². The Morgan fingerprint density at radius 2 is 1.71 bits per heavy atom. The number of phosphoric ester groups is 1. The molecule has 2 unspecified atom stereocenters. The molecular formula is C8H20O7P2. The highest BCUT2D eigenvalue weighted by atomic mass is 31.3. The maximum atomic E-state index is 11.3. The van der Waals surface area contributed by atoms with Crippen molar-refractivity contribution in [2.24, 2.45) is 0 Å². The highest BCUT2D eigenvalue weighted by molar-refractivity contribution is 7.60. The molecule has 0 aliphatic heterocycles. The fourth-order valence-electron chi connectivity index (χ4n) is 1.30. The van der Waals surface area contributed by atoms with Crippen molar-refractivity contribution in [1.29, 1.82) is 0 Å². The molecule has 0 bridgehead atoms. The minimum atomic E-state index is -5.02. The van der Waals surface area contributed by atoms with E-state index >= 15 is 0 Å². The van der Waals surface area contributed by atoms with E-state index in [-0.39, 0.29) is 0 Å². The Balaban J connectivity index is 4.25. The van der Waals surface area contributed by atoms with Crippen LogP contribution >= 0.6 is 15.6 Å². The standard InChI is InChI=1S/C8H20O7P2/c1-3-5-6-7-8(4-2)14-17(12,13)15-16(9,10)11/h8H,3-7H2,1-2H3,(H,12,13)(H2,9,10,11). The van der Waals surface area contributed by atoms with E-state index in [1.807, 2.05) is 6.92 Å². The molecule has 0 spiro atoms. The van der Waals surface area contributed by atoms with Gasteiger partial charge in [0.2, 0.25) is 0 Å². The summed E-state index contributed by atoms with van der Waals surface area (Å²) in [6.45, 7) is 3.78. The molecule has 3 N–H and O–H groups in total. The van der Waals surface area contributed by atoms with Gasteiger partial charge in [0.1, 0.15) is 0 Å². The molecule has 7 nitrogen and oxygen atoms in total. The van der Waals surface area contributed by atoms with Gasteiger partial charge in [-0.25, -0.2) is 9.13 Å². The summed E-state index contributed by atoms with van der Waals surface area (Å²) in [6.07, 6.45) is 3.29. The normalized spacial score (nSPS) is 17.7. The Morgan fingerprint density at radius 1 is 1.12 bits per heavy atom. The van der Waals surface area contributed by atoms with E-state index in [2.05, 4.69) is 4.31 Å². The Bertz CT molecular complexity index is 300. The van der Waals surface area contributed by atoms with Gasteiger partial charge < -0.3 is 14.7 Å². The quantitative estimate of drug-likeness (QED) is 0.441. The summed E-state index contributed by atoms with van der Waals surface area (Å²) >= 11 is 0. The van der Waals surface area contributed by atoms with Gasteiger partial charge in [0, 0.05) is 0 Å². The van der Waals surface area contributed by atoms with Gasteiger partial charge in [-0.1, -0.05) is 33.1 Å². The van der Waals surface area contributed by atoms with Gasteiger partial charge in [0.25, 0.3) is 0 Å². The van der Waals surface area contributed by atoms with E-state index < -0.39 is 21.7 Å². The van der Waals surface area contributed by atoms with Crippen molar-refractivity contribution in [3.05, 3.63) is 0 Å². The number of hydrogen-bond donors (Lipinski definition) is 3. The van der Waals surface area contributed by atoms with Gasteiger partial charge in [-0.15, -0.1) is 0 Å². The minimum absolute atomic E-state index is 0.471. The van der Waals surface area contributed by atoms with Crippen LogP contribution in [0.1, 0.15) is 46.0 Å². The Hall–Kier alpha value is 0.260. The minimum Gasteiger partial charge on any atom is -0.302 e. The molecule has 0 aromatic carbocycles. The number of unbranched alkanes of at least 4 members (excludes halogenated alkanes) is 2. The highest BCUT2D eigenvalue weighted by Gasteiger charge is 2.34. The Labute approximate surface area is 101 Å². The SMILES string of the molecule is CCCCCC(CC)OP(=O)(O)OP(=O)(O)O. The molecule has 0 saturated carbocycles. The predicted molar refractivity (Wildman–Crippen MR) is 62.3 cm³/mol. The Kier molecular flexibility index (Phi) is 7.76. The van der Waals surface area contributed by atoms with Crippen molar-refractivity contribution in [3.8, 4) is 0 Å². The van der Waals surface area contributed by atoms with Crippen molar-refractivity contribution in [2.75, 3.05) is 0 Å². The van der Waals surface area contributed by atoms with Crippen LogP contribution in [0.5, 0.6) is 0 Å². The van der Waals surface area contributed by atoms with E-state index in [1.165, 1.54) is 0 Å². The average Bonchev–Trinajstić information content (AvgIpc) is 2.12. The van der Waals surface area contributed by atoms with E-state index in [0.717, 1.165) is 19.3 Å². The first kappa shape index (κ1) is 17.3. The van der Waals surface area contributed by atoms with Crippen LogP contribution in [0.25, 0.3) is 0 Å². The second-order valence-corrected chi connectivity index (χ2v) is 6.45.